The summed E-state index contributed by atoms with van der Waals surface area (Å²) in [4.78, 5) is 14.9. The van der Waals surface area contributed by atoms with Gasteiger partial charge < -0.3 is 15.0 Å². The zero-order valence-electron chi connectivity index (χ0n) is 15.5. The number of benzene rings is 1. The van der Waals surface area contributed by atoms with Gasteiger partial charge in [-0.2, -0.15) is 0 Å². The van der Waals surface area contributed by atoms with Crippen LogP contribution >= 0.6 is 11.6 Å². The number of carbonyl (C=O) groups excluding carboxylic acids is 1. The van der Waals surface area contributed by atoms with E-state index in [1.807, 2.05) is 19.1 Å². The van der Waals surface area contributed by atoms with E-state index in [9.17, 15) is 4.79 Å². The zero-order valence-corrected chi connectivity index (χ0v) is 16.2. The minimum Gasteiger partial charge on any atom is -0.481 e. The number of nitrogens with zero attached hydrogens (tertiary/aromatic N) is 1. The number of amides is 1. The van der Waals surface area contributed by atoms with Gasteiger partial charge in [-0.15, -0.1) is 0 Å². The summed E-state index contributed by atoms with van der Waals surface area (Å²) in [5.74, 6) is 0.585. The maximum Gasteiger partial charge on any atom is 0.261 e. The standard InChI is InChI=1S/C20H31ClN2O2/c1-3-17-10-5-6-13-23(17)14-8-12-22-20(24)19(4-2)25-18-11-7-9-16(21)15-18/h7,9,11,15,17,19H,3-6,8,10,12-14H2,1-2H3,(H,22,24)/t17-,19-/m1/s1. The summed E-state index contributed by atoms with van der Waals surface area (Å²) in [6.07, 6.45) is 6.32. The topological polar surface area (TPSA) is 41.6 Å². The molecule has 1 aromatic rings. The van der Waals surface area contributed by atoms with Gasteiger partial charge in [0.05, 0.1) is 0 Å². The van der Waals surface area contributed by atoms with Crippen LogP contribution in [0.25, 0.3) is 0 Å². The highest BCUT2D eigenvalue weighted by Crippen LogP contribution is 2.20. The number of ether oxygens (including phenoxy) is 1. The predicted octanol–water partition coefficient (Wildman–Crippen LogP) is 4.27. The molecule has 140 valence electrons. The van der Waals surface area contributed by atoms with E-state index in [4.69, 9.17) is 16.3 Å². The molecule has 1 N–H and O–H groups in total. The van der Waals surface area contributed by atoms with Crippen LogP contribution in [0.1, 0.15) is 52.4 Å². The van der Waals surface area contributed by atoms with Crippen LogP contribution in [0, 0.1) is 0 Å². The van der Waals surface area contributed by atoms with Crippen molar-refractivity contribution in [2.75, 3.05) is 19.6 Å². The van der Waals surface area contributed by atoms with E-state index in [0.717, 1.165) is 19.0 Å². The first-order valence-corrected chi connectivity index (χ1v) is 9.95. The van der Waals surface area contributed by atoms with Crippen LogP contribution in [-0.2, 0) is 4.79 Å². The molecule has 1 aliphatic rings. The Morgan fingerprint density at radius 3 is 2.96 bits per heavy atom. The molecular weight excluding hydrogens is 336 g/mol. The molecule has 0 aliphatic carbocycles. The Bertz CT molecular complexity index is 538. The molecule has 5 heteroatoms. The Kier molecular flexibility index (Phi) is 8.56. The van der Waals surface area contributed by atoms with Gasteiger partial charge >= 0.3 is 0 Å². The van der Waals surface area contributed by atoms with Crippen molar-refractivity contribution in [2.45, 2.75) is 64.5 Å². The first-order chi connectivity index (χ1) is 12.1. The van der Waals surface area contributed by atoms with Gasteiger partial charge in [-0.3, -0.25) is 4.79 Å². The first-order valence-electron chi connectivity index (χ1n) is 9.58. The number of halogens is 1. The van der Waals surface area contributed by atoms with E-state index < -0.39 is 6.10 Å². The second-order valence-corrected chi connectivity index (χ2v) is 7.15. The molecule has 1 heterocycles. The Balaban J connectivity index is 1.72. The van der Waals surface area contributed by atoms with E-state index in [-0.39, 0.29) is 5.91 Å². The van der Waals surface area contributed by atoms with Crippen LogP contribution in [0.4, 0.5) is 0 Å². The van der Waals surface area contributed by atoms with Gasteiger partial charge in [-0.1, -0.05) is 37.9 Å². The van der Waals surface area contributed by atoms with Gasteiger partial charge in [0.2, 0.25) is 0 Å². The highest BCUT2D eigenvalue weighted by molar-refractivity contribution is 6.30. The fourth-order valence-corrected chi connectivity index (χ4v) is 3.63. The molecule has 25 heavy (non-hydrogen) atoms. The molecule has 2 atom stereocenters. The lowest BCUT2D eigenvalue weighted by Gasteiger charge is -2.35. The van der Waals surface area contributed by atoms with Gasteiger partial charge in [-0.25, -0.2) is 0 Å². The normalized spacial score (nSPS) is 19.4. The third kappa shape index (κ3) is 6.52. The van der Waals surface area contributed by atoms with Crippen LogP contribution in [0.3, 0.4) is 0 Å². The first kappa shape index (κ1) is 20.1. The van der Waals surface area contributed by atoms with Gasteiger partial charge in [0.15, 0.2) is 6.10 Å². The minimum atomic E-state index is -0.475. The van der Waals surface area contributed by atoms with Gasteiger partial charge in [0.1, 0.15) is 5.75 Å². The van der Waals surface area contributed by atoms with Crippen molar-refractivity contribution in [3.8, 4) is 5.75 Å². The SMILES string of the molecule is CC[C@@H]1CCCCN1CCCNC(=O)[C@@H](CC)Oc1cccc(Cl)c1. The number of likely N-dealkylation sites (tertiary alicyclic amines) is 1. The fraction of sp³-hybridized carbons (Fsp3) is 0.650. The number of piperidine rings is 1. The van der Waals surface area contributed by atoms with Crippen molar-refractivity contribution in [3.05, 3.63) is 29.3 Å². The van der Waals surface area contributed by atoms with Gasteiger partial charge in [0, 0.05) is 24.2 Å². The average Bonchev–Trinajstić information content (AvgIpc) is 2.63. The maximum atomic E-state index is 12.4. The molecule has 2 rings (SSSR count). The lowest BCUT2D eigenvalue weighted by atomic mass is 10.00. The van der Waals surface area contributed by atoms with E-state index in [2.05, 4.69) is 17.1 Å². The summed E-state index contributed by atoms with van der Waals surface area (Å²) in [6, 6.07) is 7.89. The van der Waals surface area contributed by atoms with Crippen molar-refractivity contribution in [3.63, 3.8) is 0 Å². The molecule has 1 aromatic carbocycles. The summed E-state index contributed by atoms with van der Waals surface area (Å²) in [6.45, 7) is 7.17. The Morgan fingerprint density at radius 2 is 2.24 bits per heavy atom. The summed E-state index contributed by atoms with van der Waals surface area (Å²) >= 11 is 5.97. The summed E-state index contributed by atoms with van der Waals surface area (Å²) in [5, 5.41) is 3.63. The third-order valence-electron chi connectivity index (χ3n) is 4.88. The molecule has 1 saturated heterocycles. The van der Waals surface area contributed by atoms with Crippen LogP contribution in [0.15, 0.2) is 24.3 Å². The number of hydrogen-bond donors (Lipinski definition) is 1. The smallest absolute Gasteiger partial charge is 0.261 e. The zero-order chi connectivity index (χ0) is 18.1. The van der Waals surface area contributed by atoms with Crippen molar-refractivity contribution in [1.29, 1.82) is 0 Å². The van der Waals surface area contributed by atoms with E-state index in [0.29, 0.717) is 23.7 Å². The van der Waals surface area contributed by atoms with Crippen molar-refractivity contribution in [2.24, 2.45) is 0 Å². The van der Waals surface area contributed by atoms with E-state index >= 15 is 0 Å². The quantitative estimate of drug-likeness (QED) is 0.663. The second-order valence-electron chi connectivity index (χ2n) is 6.71. The summed E-state index contributed by atoms with van der Waals surface area (Å²) in [5.41, 5.74) is 0. The molecule has 0 spiro atoms. The molecule has 0 unspecified atom stereocenters. The Morgan fingerprint density at radius 1 is 1.40 bits per heavy atom. The average molecular weight is 367 g/mol. The largest absolute Gasteiger partial charge is 0.481 e. The lowest BCUT2D eigenvalue weighted by Crippen LogP contribution is -2.42. The molecule has 0 aromatic heterocycles. The van der Waals surface area contributed by atoms with Gasteiger partial charge in [0.25, 0.3) is 5.91 Å². The van der Waals surface area contributed by atoms with Crippen LogP contribution in [-0.4, -0.2) is 42.6 Å². The molecule has 1 fully saturated rings. The summed E-state index contributed by atoms with van der Waals surface area (Å²) in [7, 11) is 0. The van der Waals surface area contributed by atoms with Crippen LogP contribution in [0.5, 0.6) is 5.75 Å². The maximum absolute atomic E-state index is 12.4. The van der Waals surface area contributed by atoms with Crippen LogP contribution < -0.4 is 10.1 Å². The van der Waals surface area contributed by atoms with Crippen LogP contribution in [0.2, 0.25) is 5.02 Å². The molecule has 1 aliphatic heterocycles. The molecule has 0 radical (unpaired) electrons. The van der Waals surface area contributed by atoms with E-state index in [1.165, 1.54) is 32.2 Å². The van der Waals surface area contributed by atoms with E-state index in [1.54, 1.807) is 12.1 Å². The monoisotopic (exact) mass is 366 g/mol. The summed E-state index contributed by atoms with van der Waals surface area (Å²) < 4.78 is 5.78. The molecular formula is C20H31ClN2O2. The minimum absolute atomic E-state index is 0.0480. The molecule has 0 saturated carbocycles. The highest BCUT2D eigenvalue weighted by atomic mass is 35.5. The Hall–Kier alpha value is -1.26. The van der Waals surface area contributed by atoms with Crippen molar-refractivity contribution < 1.29 is 9.53 Å². The highest BCUT2D eigenvalue weighted by Gasteiger charge is 2.21. The second kappa shape index (κ2) is 10.7. The number of rotatable bonds is 9. The number of carbonyl (C=O) groups is 1. The van der Waals surface area contributed by atoms with Crippen molar-refractivity contribution >= 4 is 17.5 Å². The van der Waals surface area contributed by atoms with Gasteiger partial charge in [-0.05, 0) is 56.8 Å². The molecule has 0 bridgehead atoms. The molecule has 1 amide bonds. The molecule has 4 nitrogen and oxygen atoms in total. The predicted molar refractivity (Wildman–Crippen MR) is 103 cm³/mol. The van der Waals surface area contributed by atoms with Crippen molar-refractivity contribution in [1.82, 2.24) is 10.2 Å². The number of nitrogens with one attached hydrogen (secondary N) is 1. The fourth-order valence-electron chi connectivity index (χ4n) is 3.45. The lowest BCUT2D eigenvalue weighted by molar-refractivity contribution is -0.128. The number of hydrogen-bond acceptors (Lipinski definition) is 3. The third-order valence-corrected chi connectivity index (χ3v) is 5.11. The Labute approximate surface area is 156 Å².